The van der Waals surface area contributed by atoms with Crippen molar-refractivity contribution >= 4 is 22.7 Å². The van der Waals surface area contributed by atoms with Crippen molar-refractivity contribution in [2.75, 3.05) is 17.4 Å². The van der Waals surface area contributed by atoms with Gasteiger partial charge in [0.15, 0.2) is 0 Å². The summed E-state index contributed by atoms with van der Waals surface area (Å²) < 4.78 is 12.9. The third-order valence-electron chi connectivity index (χ3n) is 2.93. The Balaban J connectivity index is 2.51. The van der Waals surface area contributed by atoms with Gasteiger partial charge in [0.05, 0.1) is 4.92 Å². The lowest BCUT2D eigenvalue weighted by Crippen LogP contribution is -2.14. The number of hydrogen-bond donors (Lipinski definition) is 2. The lowest BCUT2D eigenvalue weighted by Gasteiger charge is -2.20. The van der Waals surface area contributed by atoms with E-state index in [4.69, 9.17) is 5.84 Å². The molecule has 0 amide bonds. The molecule has 0 aliphatic rings. The highest BCUT2D eigenvalue weighted by atomic mass is 19.1. The van der Waals surface area contributed by atoms with Crippen LogP contribution in [-0.2, 0) is 0 Å². The molecular formula is C13H13FN4O2. The first-order chi connectivity index (χ1) is 9.54. The Labute approximate surface area is 114 Å². The second kappa shape index (κ2) is 5.54. The SMILES string of the molecule is CN(c1ccc(F)cc1)c1cccc(NN)c1[N+](=O)[O-]. The number of nitrogen functional groups attached to an aromatic ring is 1. The predicted octanol–water partition coefficient (Wildman–Crippen LogP) is 2.79. The fraction of sp³-hybridized carbons (Fsp3) is 0.0769. The number of nitro benzene ring substituents is 1. The van der Waals surface area contributed by atoms with E-state index in [1.54, 1.807) is 36.2 Å². The third-order valence-corrected chi connectivity index (χ3v) is 2.93. The number of hydrazine groups is 1. The zero-order valence-electron chi connectivity index (χ0n) is 10.7. The van der Waals surface area contributed by atoms with Crippen molar-refractivity contribution in [2.24, 2.45) is 5.84 Å². The Kier molecular flexibility index (Phi) is 3.81. The van der Waals surface area contributed by atoms with Gasteiger partial charge >= 0.3 is 5.69 Å². The van der Waals surface area contributed by atoms with Crippen molar-refractivity contribution in [3.05, 3.63) is 58.4 Å². The summed E-state index contributed by atoms with van der Waals surface area (Å²) in [5.41, 5.74) is 3.36. The van der Waals surface area contributed by atoms with Crippen LogP contribution in [0.25, 0.3) is 0 Å². The summed E-state index contributed by atoms with van der Waals surface area (Å²) in [7, 11) is 1.66. The summed E-state index contributed by atoms with van der Waals surface area (Å²) in [6.07, 6.45) is 0. The summed E-state index contributed by atoms with van der Waals surface area (Å²) in [5, 5.41) is 11.2. The molecule has 2 rings (SSSR count). The standard InChI is InChI=1S/C13H13FN4O2/c1-17(10-7-5-9(14)6-8-10)12-4-2-3-11(16-15)13(12)18(19)20/h2-8,16H,15H2,1H3. The first-order valence-corrected chi connectivity index (χ1v) is 5.78. The van der Waals surface area contributed by atoms with Gasteiger partial charge in [-0.05, 0) is 36.4 Å². The van der Waals surface area contributed by atoms with Crippen LogP contribution in [0.4, 0.5) is 27.1 Å². The fourth-order valence-electron chi connectivity index (χ4n) is 1.91. The molecule has 7 heteroatoms. The van der Waals surface area contributed by atoms with E-state index < -0.39 is 4.92 Å². The summed E-state index contributed by atoms with van der Waals surface area (Å²) in [6.45, 7) is 0. The molecule has 2 aromatic rings. The number of hydrogen-bond acceptors (Lipinski definition) is 5. The van der Waals surface area contributed by atoms with Crippen molar-refractivity contribution in [3.8, 4) is 0 Å². The van der Waals surface area contributed by atoms with E-state index in [2.05, 4.69) is 5.43 Å². The Morgan fingerprint density at radius 2 is 1.90 bits per heavy atom. The number of nitrogens with zero attached hydrogens (tertiary/aromatic N) is 2. The van der Waals surface area contributed by atoms with Crippen LogP contribution >= 0.6 is 0 Å². The molecule has 3 N–H and O–H groups in total. The van der Waals surface area contributed by atoms with E-state index in [0.717, 1.165) is 0 Å². The molecule has 20 heavy (non-hydrogen) atoms. The molecule has 0 heterocycles. The zero-order chi connectivity index (χ0) is 14.7. The van der Waals surface area contributed by atoms with Crippen LogP contribution in [0.1, 0.15) is 0 Å². The number of para-hydroxylation sites is 1. The number of nitro groups is 1. The predicted molar refractivity (Wildman–Crippen MR) is 75.4 cm³/mol. The highest BCUT2D eigenvalue weighted by molar-refractivity contribution is 5.80. The number of benzene rings is 2. The average molecular weight is 276 g/mol. The highest BCUT2D eigenvalue weighted by Gasteiger charge is 2.22. The van der Waals surface area contributed by atoms with Crippen molar-refractivity contribution < 1.29 is 9.31 Å². The van der Waals surface area contributed by atoms with Crippen LogP contribution in [0.3, 0.4) is 0 Å². The zero-order valence-corrected chi connectivity index (χ0v) is 10.7. The van der Waals surface area contributed by atoms with Gasteiger partial charge in [-0.25, -0.2) is 4.39 Å². The van der Waals surface area contributed by atoms with Crippen LogP contribution in [0.2, 0.25) is 0 Å². The largest absolute Gasteiger partial charge is 0.339 e. The van der Waals surface area contributed by atoms with Gasteiger partial charge in [0.25, 0.3) is 0 Å². The maximum atomic E-state index is 12.9. The number of halogens is 1. The molecule has 6 nitrogen and oxygen atoms in total. The van der Waals surface area contributed by atoms with Gasteiger partial charge in [0.1, 0.15) is 17.2 Å². The van der Waals surface area contributed by atoms with Gasteiger partial charge in [-0.15, -0.1) is 0 Å². The molecule has 0 atom stereocenters. The van der Waals surface area contributed by atoms with E-state index in [9.17, 15) is 14.5 Å². The number of rotatable bonds is 4. The number of nitrogens with two attached hydrogens (primary N) is 1. The summed E-state index contributed by atoms with van der Waals surface area (Å²) in [4.78, 5) is 12.3. The van der Waals surface area contributed by atoms with E-state index >= 15 is 0 Å². The minimum atomic E-state index is -0.509. The van der Waals surface area contributed by atoms with Gasteiger partial charge in [-0.2, -0.15) is 0 Å². The molecule has 0 aliphatic heterocycles. The Morgan fingerprint density at radius 1 is 1.25 bits per heavy atom. The summed E-state index contributed by atoms with van der Waals surface area (Å²) in [5.74, 6) is 4.93. The Morgan fingerprint density at radius 3 is 2.45 bits per heavy atom. The van der Waals surface area contributed by atoms with Crippen LogP contribution in [0, 0.1) is 15.9 Å². The maximum Gasteiger partial charge on any atom is 0.317 e. The van der Waals surface area contributed by atoms with E-state index in [1.165, 1.54) is 18.2 Å². The number of nitrogens with one attached hydrogen (secondary N) is 1. The molecule has 0 fully saturated rings. The molecule has 0 saturated heterocycles. The van der Waals surface area contributed by atoms with Crippen molar-refractivity contribution in [3.63, 3.8) is 0 Å². The molecule has 0 aromatic heterocycles. The number of anilines is 3. The lowest BCUT2D eigenvalue weighted by molar-refractivity contribution is -0.383. The van der Waals surface area contributed by atoms with Crippen molar-refractivity contribution in [2.45, 2.75) is 0 Å². The molecule has 0 spiro atoms. The Bertz CT molecular complexity index is 631. The minimum Gasteiger partial charge on any atom is -0.339 e. The maximum absolute atomic E-state index is 12.9. The van der Waals surface area contributed by atoms with E-state index in [0.29, 0.717) is 11.4 Å². The second-order valence-corrected chi connectivity index (χ2v) is 4.11. The molecule has 0 unspecified atom stereocenters. The Hall–Kier alpha value is -2.67. The normalized spacial score (nSPS) is 10.2. The first kappa shape index (κ1) is 13.8. The van der Waals surface area contributed by atoms with Crippen LogP contribution in [0.5, 0.6) is 0 Å². The van der Waals surface area contributed by atoms with Crippen LogP contribution in [-0.4, -0.2) is 12.0 Å². The molecule has 0 radical (unpaired) electrons. The van der Waals surface area contributed by atoms with Crippen LogP contribution < -0.4 is 16.2 Å². The summed E-state index contributed by atoms with van der Waals surface area (Å²) >= 11 is 0. The van der Waals surface area contributed by atoms with Crippen LogP contribution in [0.15, 0.2) is 42.5 Å². The summed E-state index contributed by atoms with van der Waals surface area (Å²) in [6, 6.07) is 10.4. The van der Waals surface area contributed by atoms with Gasteiger partial charge in [0.2, 0.25) is 0 Å². The lowest BCUT2D eigenvalue weighted by atomic mass is 10.2. The van der Waals surface area contributed by atoms with Gasteiger partial charge in [0, 0.05) is 12.7 Å². The van der Waals surface area contributed by atoms with Gasteiger partial charge in [-0.1, -0.05) is 6.07 Å². The second-order valence-electron chi connectivity index (χ2n) is 4.11. The molecule has 0 saturated carbocycles. The molecule has 104 valence electrons. The smallest absolute Gasteiger partial charge is 0.317 e. The molecule has 0 aliphatic carbocycles. The third kappa shape index (κ3) is 2.52. The fourth-order valence-corrected chi connectivity index (χ4v) is 1.91. The van der Waals surface area contributed by atoms with Crippen molar-refractivity contribution in [1.29, 1.82) is 0 Å². The topological polar surface area (TPSA) is 84.4 Å². The quantitative estimate of drug-likeness (QED) is 0.509. The van der Waals surface area contributed by atoms with E-state index in [1.807, 2.05) is 0 Å². The van der Waals surface area contributed by atoms with Gasteiger partial charge < -0.3 is 10.3 Å². The first-order valence-electron chi connectivity index (χ1n) is 5.78. The molecular weight excluding hydrogens is 263 g/mol. The van der Waals surface area contributed by atoms with Gasteiger partial charge in [-0.3, -0.25) is 16.0 Å². The molecule has 2 aromatic carbocycles. The average Bonchev–Trinajstić information content (AvgIpc) is 2.46. The molecule has 0 bridgehead atoms. The minimum absolute atomic E-state index is 0.137. The van der Waals surface area contributed by atoms with E-state index in [-0.39, 0.29) is 17.2 Å². The van der Waals surface area contributed by atoms with Crippen molar-refractivity contribution in [1.82, 2.24) is 0 Å². The monoisotopic (exact) mass is 276 g/mol. The highest BCUT2D eigenvalue weighted by Crippen LogP contribution is 2.37.